The van der Waals surface area contributed by atoms with Crippen LogP contribution in [-0.2, 0) is 13.0 Å². The van der Waals surface area contributed by atoms with E-state index in [1.54, 1.807) is 6.33 Å². The molecule has 2 aromatic rings. The summed E-state index contributed by atoms with van der Waals surface area (Å²) in [6, 6.07) is 6.14. The molecule has 0 saturated carbocycles. The number of hydrogen-bond acceptors (Lipinski definition) is 3. The second-order valence-electron chi connectivity index (χ2n) is 4.51. The predicted molar refractivity (Wildman–Crippen MR) is 85.0 cm³/mol. The molecular formula is C14H18BrClN4. The van der Waals surface area contributed by atoms with Gasteiger partial charge in [0.05, 0.1) is 0 Å². The fraction of sp³-hybridized carbons (Fsp3) is 0.429. The van der Waals surface area contributed by atoms with Gasteiger partial charge in [0, 0.05) is 28.5 Å². The smallest absolute Gasteiger partial charge is 0.138 e. The second kappa shape index (κ2) is 7.20. The first kappa shape index (κ1) is 15.5. The third-order valence-corrected chi connectivity index (χ3v) is 3.80. The minimum absolute atomic E-state index is 0.171. The van der Waals surface area contributed by atoms with E-state index in [0.717, 1.165) is 40.4 Å². The van der Waals surface area contributed by atoms with Crippen LogP contribution in [0.1, 0.15) is 31.3 Å². The number of rotatable bonds is 6. The number of hydrogen-bond donors (Lipinski definition) is 1. The van der Waals surface area contributed by atoms with Crippen LogP contribution in [0.4, 0.5) is 0 Å². The third kappa shape index (κ3) is 3.81. The van der Waals surface area contributed by atoms with E-state index in [-0.39, 0.29) is 6.04 Å². The monoisotopic (exact) mass is 356 g/mol. The van der Waals surface area contributed by atoms with Crippen molar-refractivity contribution in [3.05, 3.63) is 45.4 Å². The first-order chi connectivity index (χ1) is 9.63. The van der Waals surface area contributed by atoms with Gasteiger partial charge in [-0.25, -0.2) is 4.98 Å². The van der Waals surface area contributed by atoms with E-state index in [4.69, 9.17) is 11.6 Å². The van der Waals surface area contributed by atoms with Crippen molar-refractivity contribution in [2.24, 2.45) is 0 Å². The highest BCUT2D eigenvalue weighted by Crippen LogP contribution is 2.25. The molecule has 1 atom stereocenters. The molecule has 0 aliphatic rings. The minimum Gasteiger partial charge on any atom is -0.310 e. The summed E-state index contributed by atoms with van der Waals surface area (Å²) in [7, 11) is 0. The summed E-state index contributed by atoms with van der Waals surface area (Å²) in [4.78, 5) is 4.35. The van der Waals surface area contributed by atoms with Crippen LogP contribution in [0.15, 0.2) is 29.0 Å². The lowest BCUT2D eigenvalue weighted by molar-refractivity contribution is 0.509. The summed E-state index contributed by atoms with van der Waals surface area (Å²) in [5.74, 6) is 0.981. The van der Waals surface area contributed by atoms with E-state index in [2.05, 4.69) is 51.2 Å². The number of aromatic nitrogens is 3. The van der Waals surface area contributed by atoms with Gasteiger partial charge in [0.1, 0.15) is 12.2 Å². The van der Waals surface area contributed by atoms with Gasteiger partial charge in [-0.15, -0.1) is 0 Å². The van der Waals surface area contributed by atoms with E-state index < -0.39 is 0 Å². The predicted octanol–water partition coefficient (Wildman–Crippen LogP) is 3.61. The van der Waals surface area contributed by atoms with Crippen LogP contribution in [0.2, 0.25) is 5.02 Å². The molecule has 1 aromatic carbocycles. The SMILES string of the molecule is CCNC(Cc1ncnn1CC)c1cc(Cl)cc(Br)c1. The largest absolute Gasteiger partial charge is 0.310 e. The molecule has 1 unspecified atom stereocenters. The van der Waals surface area contributed by atoms with E-state index in [9.17, 15) is 0 Å². The van der Waals surface area contributed by atoms with E-state index in [1.165, 1.54) is 0 Å². The number of aryl methyl sites for hydroxylation is 1. The number of benzene rings is 1. The summed E-state index contributed by atoms with van der Waals surface area (Å²) in [6.45, 7) is 5.87. The third-order valence-electron chi connectivity index (χ3n) is 3.12. The molecule has 0 spiro atoms. The Morgan fingerprint density at radius 2 is 2.15 bits per heavy atom. The quantitative estimate of drug-likeness (QED) is 0.859. The first-order valence-electron chi connectivity index (χ1n) is 6.70. The maximum Gasteiger partial charge on any atom is 0.138 e. The number of nitrogens with zero attached hydrogens (tertiary/aromatic N) is 3. The average molecular weight is 358 g/mol. The molecule has 6 heteroatoms. The lowest BCUT2D eigenvalue weighted by Crippen LogP contribution is -2.24. The molecule has 1 aromatic heterocycles. The Hall–Kier alpha value is -0.910. The number of likely N-dealkylation sites (N-methyl/N-ethyl adjacent to an activating group) is 1. The summed E-state index contributed by atoms with van der Waals surface area (Å²) >= 11 is 9.64. The Morgan fingerprint density at radius 1 is 1.35 bits per heavy atom. The molecule has 0 amide bonds. The van der Waals surface area contributed by atoms with Gasteiger partial charge in [0.2, 0.25) is 0 Å². The van der Waals surface area contributed by atoms with Crippen molar-refractivity contribution in [3.8, 4) is 0 Å². The average Bonchev–Trinajstić information content (AvgIpc) is 2.84. The molecular weight excluding hydrogens is 340 g/mol. The van der Waals surface area contributed by atoms with Gasteiger partial charge in [0.25, 0.3) is 0 Å². The van der Waals surface area contributed by atoms with Crippen molar-refractivity contribution >= 4 is 27.5 Å². The normalized spacial score (nSPS) is 12.6. The van der Waals surface area contributed by atoms with Crippen molar-refractivity contribution in [3.63, 3.8) is 0 Å². The lowest BCUT2D eigenvalue weighted by Gasteiger charge is -2.19. The maximum absolute atomic E-state index is 6.14. The zero-order chi connectivity index (χ0) is 14.5. The zero-order valence-electron chi connectivity index (χ0n) is 11.6. The Bertz CT molecular complexity index is 550. The molecule has 2 rings (SSSR count). The number of halogens is 2. The Labute approximate surface area is 132 Å². The first-order valence-corrected chi connectivity index (χ1v) is 7.87. The van der Waals surface area contributed by atoms with Gasteiger partial charge in [-0.3, -0.25) is 4.68 Å². The molecule has 1 N–H and O–H groups in total. The highest BCUT2D eigenvalue weighted by atomic mass is 79.9. The van der Waals surface area contributed by atoms with Crippen LogP contribution in [0.5, 0.6) is 0 Å². The summed E-state index contributed by atoms with van der Waals surface area (Å²) in [5, 5.41) is 8.43. The molecule has 0 fully saturated rings. The summed E-state index contributed by atoms with van der Waals surface area (Å²) in [5.41, 5.74) is 1.15. The van der Waals surface area contributed by atoms with Crippen molar-refractivity contribution in [1.29, 1.82) is 0 Å². The summed E-state index contributed by atoms with van der Waals surface area (Å²) in [6.07, 6.45) is 2.39. The van der Waals surface area contributed by atoms with Gasteiger partial charge in [-0.1, -0.05) is 34.5 Å². The van der Waals surface area contributed by atoms with Crippen LogP contribution in [-0.4, -0.2) is 21.3 Å². The van der Waals surface area contributed by atoms with Crippen molar-refractivity contribution < 1.29 is 0 Å². The molecule has 0 aliphatic heterocycles. The van der Waals surface area contributed by atoms with E-state index in [1.807, 2.05) is 16.8 Å². The summed E-state index contributed by atoms with van der Waals surface area (Å²) < 4.78 is 2.91. The molecule has 20 heavy (non-hydrogen) atoms. The van der Waals surface area contributed by atoms with Crippen LogP contribution in [0, 0.1) is 0 Å². The Kier molecular flexibility index (Phi) is 5.57. The van der Waals surface area contributed by atoms with Gasteiger partial charge in [0.15, 0.2) is 0 Å². The van der Waals surface area contributed by atoms with Crippen molar-refractivity contribution in [2.75, 3.05) is 6.54 Å². The van der Waals surface area contributed by atoms with Crippen molar-refractivity contribution in [2.45, 2.75) is 32.9 Å². The molecule has 0 saturated heterocycles. The molecule has 108 valence electrons. The standard InChI is InChI=1S/C14H18BrClN4/c1-3-17-13(8-14-18-9-19-20(14)4-2)10-5-11(15)7-12(16)6-10/h5-7,9,13,17H,3-4,8H2,1-2H3. The van der Waals surface area contributed by atoms with E-state index in [0.29, 0.717) is 0 Å². The van der Waals surface area contributed by atoms with E-state index >= 15 is 0 Å². The molecule has 0 bridgehead atoms. The Balaban J connectivity index is 2.26. The van der Waals surface area contributed by atoms with Gasteiger partial charge in [-0.05, 0) is 37.2 Å². The van der Waals surface area contributed by atoms with Crippen molar-refractivity contribution in [1.82, 2.24) is 20.1 Å². The molecule has 0 aliphatic carbocycles. The second-order valence-corrected chi connectivity index (χ2v) is 5.86. The van der Waals surface area contributed by atoms with Crippen LogP contribution in [0.3, 0.4) is 0 Å². The topological polar surface area (TPSA) is 42.7 Å². The van der Waals surface area contributed by atoms with Gasteiger partial charge >= 0.3 is 0 Å². The lowest BCUT2D eigenvalue weighted by atomic mass is 10.0. The fourth-order valence-corrected chi connectivity index (χ4v) is 3.11. The minimum atomic E-state index is 0.171. The van der Waals surface area contributed by atoms with Gasteiger partial charge < -0.3 is 5.32 Å². The molecule has 0 radical (unpaired) electrons. The van der Waals surface area contributed by atoms with Crippen LogP contribution >= 0.6 is 27.5 Å². The van der Waals surface area contributed by atoms with Crippen LogP contribution < -0.4 is 5.32 Å². The highest BCUT2D eigenvalue weighted by molar-refractivity contribution is 9.10. The molecule has 4 nitrogen and oxygen atoms in total. The van der Waals surface area contributed by atoms with Gasteiger partial charge in [-0.2, -0.15) is 5.10 Å². The van der Waals surface area contributed by atoms with Crippen LogP contribution in [0.25, 0.3) is 0 Å². The highest BCUT2D eigenvalue weighted by Gasteiger charge is 2.15. The number of nitrogens with one attached hydrogen (secondary N) is 1. The Morgan fingerprint density at radius 3 is 2.80 bits per heavy atom. The maximum atomic E-state index is 6.14. The molecule has 1 heterocycles. The fourth-order valence-electron chi connectivity index (χ4n) is 2.22. The zero-order valence-corrected chi connectivity index (χ0v) is 13.9.